The monoisotopic (exact) mass is 280 g/mol. The van der Waals surface area contributed by atoms with E-state index >= 15 is 0 Å². The van der Waals surface area contributed by atoms with Crippen LogP contribution in [0.1, 0.15) is 11.1 Å². The van der Waals surface area contributed by atoms with E-state index in [1.165, 1.54) is 20.9 Å². The second kappa shape index (κ2) is 5.17. The number of hydrogen-bond donors (Lipinski definition) is 1. The summed E-state index contributed by atoms with van der Waals surface area (Å²) in [5.74, 6) is 0. The van der Waals surface area contributed by atoms with Crippen LogP contribution < -0.4 is 5.73 Å². The van der Waals surface area contributed by atoms with Crippen LogP contribution in [-0.4, -0.2) is 4.98 Å². The summed E-state index contributed by atoms with van der Waals surface area (Å²) in [5, 5.41) is 1.14. The minimum atomic E-state index is 0.748. The second-order valence-corrected chi connectivity index (χ2v) is 6.05. The smallest absolute Gasteiger partial charge is 0.0733 e. The standard InChI is InChI=1S/C17H16N2S/c1-11-3-5-14(9-12(11)2)20-17-7-8-19-16-10-13(18)4-6-15(16)17/h3-10H,18H2,1-2H3. The van der Waals surface area contributed by atoms with Crippen molar-refractivity contribution < 1.29 is 0 Å². The maximum atomic E-state index is 5.82. The SMILES string of the molecule is Cc1ccc(Sc2ccnc3cc(N)ccc23)cc1C. The van der Waals surface area contributed by atoms with Crippen LogP contribution in [0.3, 0.4) is 0 Å². The minimum Gasteiger partial charge on any atom is -0.399 e. The lowest BCUT2D eigenvalue weighted by atomic mass is 10.1. The molecule has 0 fully saturated rings. The first-order valence-corrected chi connectivity index (χ1v) is 7.34. The van der Waals surface area contributed by atoms with E-state index in [0.29, 0.717) is 0 Å². The van der Waals surface area contributed by atoms with E-state index in [1.807, 2.05) is 24.4 Å². The molecule has 0 saturated carbocycles. The molecule has 0 bridgehead atoms. The zero-order chi connectivity index (χ0) is 14.1. The summed E-state index contributed by atoms with van der Waals surface area (Å²) >= 11 is 1.76. The molecule has 20 heavy (non-hydrogen) atoms. The molecular weight excluding hydrogens is 264 g/mol. The molecule has 2 nitrogen and oxygen atoms in total. The van der Waals surface area contributed by atoms with E-state index in [9.17, 15) is 0 Å². The Morgan fingerprint density at radius 1 is 0.950 bits per heavy atom. The Morgan fingerprint density at radius 2 is 1.80 bits per heavy atom. The number of pyridine rings is 1. The minimum absolute atomic E-state index is 0.748. The van der Waals surface area contributed by atoms with Crippen LogP contribution in [0.5, 0.6) is 0 Å². The number of nitrogen functional groups attached to an aromatic ring is 1. The highest BCUT2D eigenvalue weighted by molar-refractivity contribution is 7.99. The molecule has 3 heteroatoms. The van der Waals surface area contributed by atoms with Crippen molar-refractivity contribution in [3.05, 3.63) is 59.8 Å². The lowest BCUT2D eigenvalue weighted by Gasteiger charge is -2.08. The Bertz CT molecular complexity index is 781. The molecule has 3 aromatic rings. The molecule has 3 rings (SSSR count). The van der Waals surface area contributed by atoms with E-state index in [4.69, 9.17) is 5.73 Å². The number of fused-ring (bicyclic) bond motifs is 1. The number of anilines is 1. The van der Waals surface area contributed by atoms with Crippen LogP contribution in [-0.2, 0) is 0 Å². The van der Waals surface area contributed by atoms with Gasteiger partial charge in [-0.3, -0.25) is 4.98 Å². The van der Waals surface area contributed by atoms with Gasteiger partial charge in [-0.25, -0.2) is 0 Å². The number of aryl methyl sites for hydroxylation is 2. The Kier molecular flexibility index (Phi) is 3.36. The lowest BCUT2D eigenvalue weighted by Crippen LogP contribution is -1.87. The molecular formula is C17H16N2S. The number of rotatable bonds is 2. The number of hydrogen-bond acceptors (Lipinski definition) is 3. The zero-order valence-electron chi connectivity index (χ0n) is 11.6. The molecule has 1 heterocycles. The summed E-state index contributed by atoms with van der Waals surface area (Å²) in [6.07, 6.45) is 1.84. The third-order valence-corrected chi connectivity index (χ3v) is 4.50. The summed E-state index contributed by atoms with van der Waals surface area (Å²) < 4.78 is 0. The quantitative estimate of drug-likeness (QED) is 0.698. The van der Waals surface area contributed by atoms with Gasteiger partial charge in [0.05, 0.1) is 5.52 Å². The Balaban J connectivity index is 2.04. The molecule has 0 aliphatic heterocycles. The van der Waals surface area contributed by atoms with Gasteiger partial charge in [-0.05, 0) is 61.4 Å². The van der Waals surface area contributed by atoms with Gasteiger partial charge < -0.3 is 5.73 Å². The number of benzene rings is 2. The van der Waals surface area contributed by atoms with Crippen LogP contribution in [0.15, 0.2) is 58.5 Å². The van der Waals surface area contributed by atoms with Gasteiger partial charge in [-0.15, -0.1) is 0 Å². The molecule has 0 saturated heterocycles. The maximum absolute atomic E-state index is 5.82. The summed E-state index contributed by atoms with van der Waals surface area (Å²) in [6.45, 7) is 4.28. The van der Waals surface area contributed by atoms with E-state index in [1.54, 1.807) is 11.8 Å². The van der Waals surface area contributed by atoms with Crippen molar-refractivity contribution in [3.63, 3.8) is 0 Å². The van der Waals surface area contributed by atoms with Gasteiger partial charge in [0.15, 0.2) is 0 Å². The van der Waals surface area contributed by atoms with Crippen molar-refractivity contribution in [3.8, 4) is 0 Å². The maximum Gasteiger partial charge on any atom is 0.0733 e. The molecule has 0 spiro atoms. The van der Waals surface area contributed by atoms with Gasteiger partial charge in [-0.1, -0.05) is 17.8 Å². The van der Waals surface area contributed by atoms with Crippen LogP contribution in [0, 0.1) is 13.8 Å². The average molecular weight is 280 g/mol. The highest BCUT2D eigenvalue weighted by Crippen LogP contribution is 2.34. The summed E-state index contributed by atoms with van der Waals surface area (Å²) in [5.41, 5.74) is 10.1. The third kappa shape index (κ3) is 2.49. The van der Waals surface area contributed by atoms with Gasteiger partial charge >= 0.3 is 0 Å². The van der Waals surface area contributed by atoms with Gasteiger partial charge in [0, 0.05) is 27.1 Å². The highest BCUT2D eigenvalue weighted by atomic mass is 32.2. The fraction of sp³-hybridized carbons (Fsp3) is 0.118. The topological polar surface area (TPSA) is 38.9 Å². The van der Waals surface area contributed by atoms with Crippen LogP contribution in [0.2, 0.25) is 0 Å². The number of aromatic nitrogens is 1. The highest BCUT2D eigenvalue weighted by Gasteiger charge is 2.05. The Hall–Kier alpha value is -2.00. The van der Waals surface area contributed by atoms with Gasteiger partial charge in [0.1, 0.15) is 0 Å². The lowest BCUT2D eigenvalue weighted by molar-refractivity contribution is 1.27. The van der Waals surface area contributed by atoms with E-state index in [0.717, 1.165) is 16.6 Å². The number of nitrogens with zero attached hydrogens (tertiary/aromatic N) is 1. The first-order valence-electron chi connectivity index (χ1n) is 6.53. The summed E-state index contributed by atoms with van der Waals surface area (Å²) in [7, 11) is 0. The predicted octanol–water partition coefficient (Wildman–Crippen LogP) is 4.59. The normalized spacial score (nSPS) is 10.9. The fourth-order valence-electron chi connectivity index (χ4n) is 2.13. The van der Waals surface area contributed by atoms with Crippen LogP contribution in [0.25, 0.3) is 10.9 Å². The molecule has 0 aliphatic rings. The van der Waals surface area contributed by atoms with Gasteiger partial charge in [0.2, 0.25) is 0 Å². The average Bonchev–Trinajstić information content (AvgIpc) is 2.43. The molecule has 2 aromatic carbocycles. The predicted molar refractivity (Wildman–Crippen MR) is 86.2 cm³/mol. The molecule has 0 aliphatic carbocycles. The van der Waals surface area contributed by atoms with Gasteiger partial charge in [0.25, 0.3) is 0 Å². The van der Waals surface area contributed by atoms with Crippen molar-refractivity contribution in [2.75, 3.05) is 5.73 Å². The van der Waals surface area contributed by atoms with E-state index in [-0.39, 0.29) is 0 Å². The largest absolute Gasteiger partial charge is 0.399 e. The molecule has 2 N–H and O–H groups in total. The molecule has 0 unspecified atom stereocenters. The first-order chi connectivity index (χ1) is 9.63. The van der Waals surface area contributed by atoms with Crippen molar-refractivity contribution in [1.82, 2.24) is 4.98 Å². The van der Waals surface area contributed by atoms with Crippen molar-refractivity contribution in [2.24, 2.45) is 0 Å². The summed E-state index contributed by atoms with van der Waals surface area (Å²) in [4.78, 5) is 6.84. The van der Waals surface area contributed by atoms with E-state index < -0.39 is 0 Å². The van der Waals surface area contributed by atoms with Crippen molar-refractivity contribution >= 4 is 28.4 Å². The third-order valence-electron chi connectivity index (χ3n) is 3.43. The molecule has 0 atom stereocenters. The first kappa shape index (κ1) is 13.0. The summed E-state index contributed by atoms with van der Waals surface area (Å²) in [6, 6.07) is 14.5. The Morgan fingerprint density at radius 3 is 2.60 bits per heavy atom. The molecule has 0 amide bonds. The fourth-order valence-corrected chi connectivity index (χ4v) is 3.17. The number of nitrogens with two attached hydrogens (primary N) is 1. The molecule has 0 radical (unpaired) electrons. The van der Waals surface area contributed by atoms with Crippen LogP contribution >= 0.6 is 11.8 Å². The van der Waals surface area contributed by atoms with Gasteiger partial charge in [-0.2, -0.15) is 0 Å². The molecule has 100 valence electrons. The Labute approximate surface area is 123 Å². The van der Waals surface area contributed by atoms with Crippen LogP contribution in [0.4, 0.5) is 5.69 Å². The zero-order valence-corrected chi connectivity index (χ0v) is 12.4. The molecule has 1 aromatic heterocycles. The second-order valence-electron chi connectivity index (χ2n) is 4.93. The van der Waals surface area contributed by atoms with Crippen molar-refractivity contribution in [1.29, 1.82) is 0 Å². The van der Waals surface area contributed by atoms with E-state index in [2.05, 4.69) is 43.1 Å². The van der Waals surface area contributed by atoms with Crippen molar-refractivity contribution in [2.45, 2.75) is 23.6 Å².